The molecule has 3 rings (SSSR count). The van der Waals surface area contributed by atoms with E-state index < -0.39 is 18.0 Å². The second kappa shape index (κ2) is 14.4. The summed E-state index contributed by atoms with van der Waals surface area (Å²) in [6.07, 6.45) is 3.01. The first-order valence-corrected chi connectivity index (χ1v) is 12.8. The molecule has 2 saturated heterocycles. The number of esters is 1. The van der Waals surface area contributed by atoms with Crippen molar-refractivity contribution in [2.24, 2.45) is 22.9 Å². The highest BCUT2D eigenvalue weighted by Gasteiger charge is 2.28. The maximum atomic E-state index is 12.9. The molecule has 12 nitrogen and oxygen atoms in total. The molecule has 2 heterocycles. The number of carboxylic acid groups (broad SMARTS) is 1. The van der Waals surface area contributed by atoms with E-state index >= 15 is 0 Å². The number of nitrogens with zero attached hydrogens (tertiary/aromatic N) is 3. The molecule has 0 aromatic heterocycles. The molecule has 208 valence electrons. The average Bonchev–Trinajstić information content (AvgIpc) is 2.94. The number of carbonyl (C=O) groups is 4. The van der Waals surface area contributed by atoms with E-state index in [9.17, 15) is 19.2 Å². The molecule has 3 N–H and O–H groups in total. The Morgan fingerprint density at radius 2 is 1.68 bits per heavy atom. The third-order valence-electron chi connectivity index (χ3n) is 6.96. The molecule has 0 spiro atoms. The first-order valence-electron chi connectivity index (χ1n) is 12.8. The van der Waals surface area contributed by atoms with Crippen LogP contribution in [0.1, 0.15) is 54.9 Å². The molecule has 1 aromatic rings. The van der Waals surface area contributed by atoms with E-state index in [1.54, 1.807) is 36.1 Å². The zero-order chi connectivity index (χ0) is 27.5. The molecular formula is C26H36N4O8. The molecule has 0 bridgehead atoms. The lowest BCUT2D eigenvalue weighted by atomic mass is 9.97. The van der Waals surface area contributed by atoms with Crippen molar-refractivity contribution in [2.45, 2.75) is 45.1 Å². The molecule has 1 aromatic carbocycles. The summed E-state index contributed by atoms with van der Waals surface area (Å²) in [5.74, 6) is 3.92. The number of hydrogen-bond acceptors (Lipinski definition) is 9. The Hall–Kier alpha value is -3.51. The number of nitrogens with two attached hydrogens (primary N) is 1. The number of amides is 2. The van der Waals surface area contributed by atoms with Crippen molar-refractivity contribution >= 4 is 30.0 Å². The Bertz CT molecular complexity index is 983. The Kier molecular flexibility index (Phi) is 11.0. The van der Waals surface area contributed by atoms with E-state index in [2.05, 4.69) is 10.1 Å². The highest BCUT2D eigenvalue weighted by Crippen LogP contribution is 2.20. The lowest BCUT2D eigenvalue weighted by Crippen LogP contribution is -2.43. The zero-order valence-corrected chi connectivity index (χ0v) is 21.6. The normalized spacial score (nSPS) is 17.8. The standard InChI is InChI=1S/C26H36N4O8/c1-18(14-23(31)21-4-2-19(3-5-21)15-28-38-27)25(33)29-12-8-22(9-13-29)36-17-24(32)37-16-20-6-10-30(11-7-20)26(34)35/h2-5,15,18,20,22H,6-14,16-17,27H2,1H3,(H,34,35)/t18-/m1/s1. The van der Waals surface area contributed by atoms with E-state index in [0.29, 0.717) is 57.4 Å². The minimum Gasteiger partial charge on any atom is -0.465 e. The molecule has 2 fully saturated rings. The fraction of sp³-hybridized carbons (Fsp3) is 0.577. The van der Waals surface area contributed by atoms with Gasteiger partial charge in [0.15, 0.2) is 5.78 Å². The summed E-state index contributed by atoms with van der Waals surface area (Å²) in [4.78, 5) is 55.8. The molecule has 0 radical (unpaired) electrons. The summed E-state index contributed by atoms with van der Waals surface area (Å²) in [5, 5.41) is 12.5. The van der Waals surface area contributed by atoms with Crippen LogP contribution in [0, 0.1) is 11.8 Å². The van der Waals surface area contributed by atoms with Gasteiger partial charge in [0.1, 0.15) is 6.61 Å². The summed E-state index contributed by atoms with van der Waals surface area (Å²) in [6, 6.07) is 6.78. The number of hydrogen-bond donors (Lipinski definition) is 2. The molecule has 2 amide bonds. The van der Waals surface area contributed by atoms with Crippen molar-refractivity contribution in [3.8, 4) is 0 Å². The summed E-state index contributed by atoms with van der Waals surface area (Å²) < 4.78 is 11.0. The number of rotatable bonds is 11. The van der Waals surface area contributed by atoms with E-state index in [4.69, 9.17) is 20.5 Å². The average molecular weight is 533 g/mol. The third-order valence-corrected chi connectivity index (χ3v) is 6.96. The van der Waals surface area contributed by atoms with Gasteiger partial charge in [-0.3, -0.25) is 9.59 Å². The fourth-order valence-corrected chi connectivity index (χ4v) is 4.61. The maximum Gasteiger partial charge on any atom is 0.407 e. The SMILES string of the molecule is C[C@H](CC(=O)c1ccc(C=NON)cc1)C(=O)N1CCC(OCC(=O)OCC2CCN(C(=O)O)CC2)CC1. The van der Waals surface area contributed by atoms with Crippen LogP contribution < -0.4 is 5.90 Å². The third kappa shape index (κ3) is 8.80. The fourth-order valence-electron chi connectivity index (χ4n) is 4.61. The monoisotopic (exact) mass is 532 g/mol. The van der Waals surface area contributed by atoms with E-state index in [0.717, 1.165) is 5.56 Å². The highest BCUT2D eigenvalue weighted by atomic mass is 16.7. The van der Waals surface area contributed by atoms with Gasteiger partial charge in [-0.25, -0.2) is 9.59 Å². The van der Waals surface area contributed by atoms with Gasteiger partial charge in [-0.2, -0.15) is 0 Å². The van der Waals surface area contributed by atoms with Crippen LogP contribution in [0.3, 0.4) is 0 Å². The number of carbonyl (C=O) groups excluding carboxylic acids is 3. The smallest absolute Gasteiger partial charge is 0.407 e. The van der Waals surface area contributed by atoms with Crippen LogP contribution in [0.15, 0.2) is 29.4 Å². The molecule has 0 saturated carbocycles. The Balaban J connectivity index is 1.32. The molecule has 2 aliphatic rings. The Labute approximate surface area is 221 Å². The number of likely N-dealkylation sites (tertiary alicyclic amines) is 2. The van der Waals surface area contributed by atoms with E-state index in [-0.39, 0.29) is 43.3 Å². The van der Waals surface area contributed by atoms with Gasteiger partial charge in [-0.15, -0.1) is 5.90 Å². The number of ether oxygens (including phenoxy) is 2. The van der Waals surface area contributed by atoms with Gasteiger partial charge in [-0.1, -0.05) is 36.3 Å². The van der Waals surface area contributed by atoms with Crippen molar-refractivity contribution in [1.82, 2.24) is 9.80 Å². The summed E-state index contributed by atoms with van der Waals surface area (Å²) in [7, 11) is 0. The molecule has 0 aliphatic carbocycles. The highest BCUT2D eigenvalue weighted by molar-refractivity contribution is 5.99. The van der Waals surface area contributed by atoms with Gasteiger partial charge in [0, 0.05) is 44.1 Å². The number of ketones is 1. The van der Waals surface area contributed by atoms with Crippen LogP contribution in [0.4, 0.5) is 4.79 Å². The predicted molar refractivity (Wildman–Crippen MR) is 136 cm³/mol. The lowest BCUT2D eigenvalue weighted by molar-refractivity contribution is -0.155. The van der Waals surface area contributed by atoms with Crippen molar-refractivity contribution in [3.05, 3.63) is 35.4 Å². The summed E-state index contributed by atoms with van der Waals surface area (Å²) in [6.45, 7) is 3.76. The lowest BCUT2D eigenvalue weighted by Gasteiger charge is -2.33. The first-order chi connectivity index (χ1) is 18.3. The molecule has 12 heteroatoms. The minimum absolute atomic E-state index is 0.0750. The Morgan fingerprint density at radius 3 is 2.29 bits per heavy atom. The number of piperidine rings is 2. The van der Waals surface area contributed by atoms with Gasteiger partial charge >= 0.3 is 12.1 Å². The van der Waals surface area contributed by atoms with Gasteiger partial charge < -0.3 is 29.3 Å². The molecule has 38 heavy (non-hydrogen) atoms. The Morgan fingerprint density at radius 1 is 1.05 bits per heavy atom. The van der Waals surface area contributed by atoms with E-state index in [1.165, 1.54) is 11.1 Å². The molecule has 2 aliphatic heterocycles. The number of oxime groups is 1. The van der Waals surface area contributed by atoms with Crippen LogP contribution >= 0.6 is 0 Å². The molecule has 1 atom stereocenters. The summed E-state index contributed by atoms with van der Waals surface area (Å²) in [5.41, 5.74) is 1.24. The zero-order valence-electron chi connectivity index (χ0n) is 21.6. The molecular weight excluding hydrogens is 496 g/mol. The van der Waals surface area contributed by atoms with Crippen LogP contribution in [-0.4, -0.2) is 90.4 Å². The van der Waals surface area contributed by atoms with Gasteiger partial charge in [0.25, 0.3) is 0 Å². The second-order valence-electron chi connectivity index (χ2n) is 9.72. The number of Topliss-reactive ketones (excluding diaryl/α,β-unsaturated/α-hetero) is 1. The minimum atomic E-state index is -0.919. The predicted octanol–water partition coefficient (Wildman–Crippen LogP) is 2.06. The van der Waals surface area contributed by atoms with Crippen LogP contribution in [0.5, 0.6) is 0 Å². The first kappa shape index (κ1) is 29.1. The number of benzene rings is 1. The van der Waals surface area contributed by atoms with Gasteiger partial charge in [0.2, 0.25) is 5.91 Å². The maximum absolute atomic E-state index is 12.9. The largest absolute Gasteiger partial charge is 0.465 e. The second-order valence-corrected chi connectivity index (χ2v) is 9.72. The van der Waals surface area contributed by atoms with Crippen LogP contribution in [-0.2, 0) is 24.0 Å². The summed E-state index contributed by atoms with van der Waals surface area (Å²) >= 11 is 0. The van der Waals surface area contributed by atoms with Crippen LogP contribution in [0.2, 0.25) is 0 Å². The topological polar surface area (TPSA) is 161 Å². The van der Waals surface area contributed by atoms with Gasteiger partial charge in [0.05, 0.1) is 18.9 Å². The van der Waals surface area contributed by atoms with Crippen molar-refractivity contribution < 1.29 is 38.7 Å². The van der Waals surface area contributed by atoms with Gasteiger partial charge in [-0.05, 0) is 37.2 Å². The van der Waals surface area contributed by atoms with Crippen molar-refractivity contribution in [3.63, 3.8) is 0 Å². The van der Waals surface area contributed by atoms with E-state index in [1.807, 2.05) is 0 Å². The molecule has 0 unspecified atom stereocenters. The van der Waals surface area contributed by atoms with Crippen LogP contribution in [0.25, 0.3) is 0 Å². The quantitative estimate of drug-likeness (QED) is 0.188. The van der Waals surface area contributed by atoms with Crippen molar-refractivity contribution in [1.29, 1.82) is 0 Å². The van der Waals surface area contributed by atoms with Crippen molar-refractivity contribution in [2.75, 3.05) is 39.4 Å².